The minimum absolute atomic E-state index is 0.239. The van der Waals surface area contributed by atoms with Crippen LogP contribution < -0.4 is 0 Å². The second-order valence-electron chi connectivity index (χ2n) is 6.02. The highest BCUT2D eigenvalue weighted by Gasteiger charge is 2.31. The zero-order chi connectivity index (χ0) is 15.3. The number of hydrogen-bond donors (Lipinski definition) is 0. The van der Waals surface area contributed by atoms with Gasteiger partial charge in [-0.25, -0.2) is 0 Å². The molecular weight excluding hydrogens is 264 g/mol. The second kappa shape index (κ2) is 11.5. The fraction of sp³-hybridized carbons (Fsp3) is 0.778. The maximum Gasteiger partial charge on any atom is 0.317 e. The zero-order valence-electron chi connectivity index (χ0n) is 13.4. The topological polar surface area (TPSA) is 43.4 Å². The van der Waals surface area contributed by atoms with E-state index in [9.17, 15) is 9.59 Å². The van der Waals surface area contributed by atoms with Gasteiger partial charge in [-0.2, -0.15) is 0 Å². The Kier molecular flexibility index (Phi) is 9.84. The van der Waals surface area contributed by atoms with E-state index in [1.54, 1.807) is 0 Å². The molecule has 1 heterocycles. The molecule has 1 aliphatic heterocycles. The number of carbonyl (C=O) groups is 2. The lowest BCUT2D eigenvalue weighted by Crippen LogP contribution is -2.05. The quantitative estimate of drug-likeness (QED) is 0.221. The van der Waals surface area contributed by atoms with Gasteiger partial charge in [0.2, 0.25) is 0 Å². The zero-order valence-corrected chi connectivity index (χ0v) is 13.4. The van der Waals surface area contributed by atoms with Crippen molar-refractivity contribution in [1.82, 2.24) is 0 Å². The minimum atomic E-state index is -0.377. The Morgan fingerprint density at radius 2 is 1.57 bits per heavy atom. The van der Waals surface area contributed by atoms with Gasteiger partial charge in [-0.05, 0) is 19.3 Å². The van der Waals surface area contributed by atoms with Gasteiger partial charge in [0.25, 0.3) is 0 Å². The third-order valence-electron chi connectivity index (χ3n) is 4.02. The molecule has 1 rings (SSSR count). The monoisotopic (exact) mass is 294 g/mol. The molecule has 0 radical (unpaired) electrons. The molecule has 1 aliphatic rings. The lowest BCUT2D eigenvalue weighted by Gasteiger charge is -2.01. The number of rotatable bonds is 12. The van der Waals surface area contributed by atoms with Gasteiger partial charge in [-0.15, -0.1) is 0 Å². The SMILES string of the molecule is CCCCCCCCCCCC=CCC1CC(=O)OC1=O. The summed E-state index contributed by atoms with van der Waals surface area (Å²) in [4.78, 5) is 22.2. The van der Waals surface area contributed by atoms with Gasteiger partial charge in [0, 0.05) is 0 Å². The highest BCUT2D eigenvalue weighted by atomic mass is 16.6. The van der Waals surface area contributed by atoms with E-state index in [0.29, 0.717) is 6.42 Å². The number of esters is 2. The summed E-state index contributed by atoms with van der Waals surface area (Å²) in [6.45, 7) is 2.25. The number of allylic oxidation sites excluding steroid dienone is 2. The van der Waals surface area contributed by atoms with E-state index in [-0.39, 0.29) is 24.3 Å². The van der Waals surface area contributed by atoms with Crippen molar-refractivity contribution in [2.45, 2.75) is 84.0 Å². The standard InChI is InChI=1S/C18H30O3/c1-2-3-4-5-6-7-8-9-10-11-12-13-14-16-15-17(19)21-18(16)20/h12-13,16H,2-11,14-15H2,1H3. The fourth-order valence-electron chi connectivity index (χ4n) is 2.65. The van der Waals surface area contributed by atoms with Crippen LogP contribution >= 0.6 is 0 Å². The highest BCUT2D eigenvalue weighted by molar-refractivity contribution is 5.94. The summed E-state index contributed by atoms with van der Waals surface area (Å²) < 4.78 is 4.52. The van der Waals surface area contributed by atoms with Crippen molar-refractivity contribution in [2.24, 2.45) is 5.92 Å². The van der Waals surface area contributed by atoms with Gasteiger partial charge in [-0.3, -0.25) is 9.59 Å². The van der Waals surface area contributed by atoms with E-state index < -0.39 is 0 Å². The Bertz CT molecular complexity index is 333. The molecule has 1 saturated heterocycles. The molecular formula is C18H30O3. The highest BCUT2D eigenvalue weighted by Crippen LogP contribution is 2.20. The maximum absolute atomic E-state index is 11.2. The van der Waals surface area contributed by atoms with Crippen LogP contribution in [0.2, 0.25) is 0 Å². The van der Waals surface area contributed by atoms with Crippen molar-refractivity contribution in [3.05, 3.63) is 12.2 Å². The molecule has 0 saturated carbocycles. The van der Waals surface area contributed by atoms with Gasteiger partial charge in [-0.1, -0.05) is 70.4 Å². The van der Waals surface area contributed by atoms with Crippen LogP contribution in [0.25, 0.3) is 0 Å². The molecule has 1 atom stereocenters. The van der Waals surface area contributed by atoms with Crippen molar-refractivity contribution >= 4 is 11.9 Å². The van der Waals surface area contributed by atoms with E-state index in [1.165, 1.54) is 57.8 Å². The molecule has 3 heteroatoms. The van der Waals surface area contributed by atoms with Crippen molar-refractivity contribution in [2.75, 3.05) is 0 Å². The number of cyclic esters (lactones) is 2. The van der Waals surface area contributed by atoms with Crippen molar-refractivity contribution in [1.29, 1.82) is 0 Å². The van der Waals surface area contributed by atoms with Crippen molar-refractivity contribution in [3.63, 3.8) is 0 Å². The summed E-state index contributed by atoms with van der Waals surface area (Å²) in [5.74, 6) is -0.970. The first kappa shape index (κ1) is 17.9. The second-order valence-corrected chi connectivity index (χ2v) is 6.02. The third kappa shape index (κ3) is 8.69. The average molecular weight is 294 g/mol. The molecule has 0 aromatic heterocycles. The van der Waals surface area contributed by atoms with E-state index >= 15 is 0 Å². The first-order valence-electron chi connectivity index (χ1n) is 8.63. The van der Waals surface area contributed by atoms with E-state index in [4.69, 9.17) is 0 Å². The third-order valence-corrected chi connectivity index (χ3v) is 4.02. The largest absolute Gasteiger partial charge is 0.393 e. The molecule has 21 heavy (non-hydrogen) atoms. The van der Waals surface area contributed by atoms with Crippen molar-refractivity contribution in [3.8, 4) is 0 Å². The van der Waals surface area contributed by atoms with Gasteiger partial charge < -0.3 is 4.74 Å². The summed E-state index contributed by atoms with van der Waals surface area (Å²) in [5, 5.41) is 0. The number of unbranched alkanes of at least 4 members (excludes halogenated alkanes) is 9. The van der Waals surface area contributed by atoms with Crippen LogP contribution in [0.3, 0.4) is 0 Å². The number of ether oxygens (including phenoxy) is 1. The summed E-state index contributed by atoms with van der Waals surface area (Å²) in [6.07, 6.45) is 18.2. The van der Waals surface area contributed by atoms with E-state index in [1.807, 2.05) is 6.08 Å². The summed E-state index contributed by atoms with van der Waals surface area (Å²) in [6, 6.07) is 0. The van der Waals surface area contributed by atoms with Crippen LogP contribution in [0.4, 0.5) is 0 Å². The minimum Gasteiger partial charge on any atom is -0.393 e. The predicted octanol–water partition coefficient (Wildman–Crippen LogP) is 4.94. The summed E-state index contributed by atoms with van der Waals surface area (Å²) >= 11 is 0. The Balaban J connectivity index is 1.87. The van der Waals surface area contributed by atoms with Crippen molar-refractivity contribution < 1.29 is 14.3 Å². The van der Waals surface area contributed by atoms with Crippen LogP contribution in [0.5, 0.6) is 0 Å². The normalized spacial score (nSPS) is 18.6. The van der Waals surface area contributed by atoms with Gasteiger partial charge in [0.05, 0.1) is 12.3 Å². The first-order valence-corrected chi connectivity index (χ1v) is 8.63. The number of hydrogen-bond acceptors (Lipinski definition) is 3. The maximum atomic E-state index is 11.2. The lowest BCUT2D eigenvalue weighted by molar-refractivity contribution is -0.153. The van der Waals surface area contributed by atoms with Crippen LogP contribution in [0, 0.1) is 5.92 Å². The smallest absolute Gasteiger partial charge is 0.317 e. The molecule has 1 unspecified atom stereocenters. The fourth-order valence-corrected chi connectivity index (χ4v) is 2.65. The Hall–Kier alpha value is -1.12. The van der Waals surface area contributed by atoms with Gasteiger partial charge in [0.1, 0.15) is 0 Å². The molecule has 120 valence electrons. The molecule has 0 bridgehead atoms. The molecule has 0 aromatic rings. The Morgan fingerprint density at radius 1 is 0.952 bits per heavy atom. The molecule has 1 fully saturated rings. The Morgan fingerprint density at radius 3 is 2.14 bits per heavy atom. The van der Waals surface area contributed by atoms with Crippen LogP contribution in [0.1, 0.15) is 84.0 Å². The van der Waals surface area contributed by atoms with Gasteiger partial charge >= 0.3 is 11.9 Å². The first-order chi connectivity index (χ1) is 10.2. The molecule has 0 aliphatic carbocycles. The van der Waals surface area contributed by atoms with Crippen LogP contribution in [-0.4, -0.2) is 11.9 Å². The van der Waals surface area contributed by atoms with Crippen LogP contribution in [0.15, 0.2) is 12.2 Å². The summed E-state index contributed by atoms with van der Waals surface area (Å²) in [7, 11) is 0. The number of carbonyl (C=O) groups excluding carboxylic acids is 2. The van der Waals surface area contributed by atoms with Gasteiger partial charge in [0.15, 0.2) is 0 Å². The molecule has 0 N–H and O–H groups in total. The Labute approximate surface area is 129 Å². The molecule has 0 spiro atoms. The summed E-state index contributed by atoms with van der Waals surface area (Å²) in [5.41, 5.74) is 0. The predicted molar refractivity (Wildman–Crippen MR) is 84.8 cm³/mol. The lowest BCUT2D eigenvalue weighted by atomic mass is 10.0. The van der Waals surface area contributed by atoms with E-state index in [0.717, 1.165) is 6.42 Å². The van der Waals surface area contributed by atoms with Crippen LogP contribution in [-0.2, 0) is 14.3 Å². The average Bonchev–Trinajstić information content (AvgIpc) is 2.78. The molecule has 3 nitrogen and oxygen atoms in total. The molecule has 0 amide bonds. The van der Waals surface area contributed by atoms with E-state index in [2.05, 4.69) is 17.7 Å². The molecule has 0 aromatic carbocycles.